The van der Waals surface area contributed by atoms with E-state index in [2.05, 4.69) is 25.4 Å². The van der Waals surface area contributed by atoms with Crippen molar-refractivity contribution in [3.8, 4) is 0 Å². The minimum atomic E-state index is -0.179. The van der Waals surface area contributed by atoms with Gasteiger partial charge in [-0.2, -0.15) is 10.2 Å². The Morgan fingerprint density at radius 1 is 1.43 bits per heavy atom. The fraction of sp³-hybridized carbons (Fsp3) is 0.538. The largest absolute Gasteiger partial charge is 0.380 e. The molecule has 1 amide bonds. The van der Waals surface area contributed by atoms with Gasteiger partial charge in [0.1, 0.15) is 5.82 Å². The number of H-pyrrole nitrogens is 2. The third-order valence-electron chi connectivity index (χ3n) is 3.83. The first kappa shape index (κ1) is 13.7. The van der Waals surface area contributed by atoms with Crippen molar-refractivity contribution in [2.75, 3.05) is 13.7 Å². The molecule has 2 atom stereocenters. The Kier molecular flexibility index (Phi) is 3.46. The van der Waals surface area contributed by atoms with Gasteiger partial charge in [0.15, 0.2) is 5.82 Å². The van der Waals surface area contributed by atoms with Gasteiger partial charge in [0, 0.05) is 25.8 Å². The molecule has 112 valence electrons. The lowest BCUT2D eigenvalue weighted by Gasteiger charge is -2.21. The van der Waals surface area contributed by atoms with Crippen LogP contribution in [0.3, 0.4) is 0 Å². The molecule has 1 aliphatic heterocycles. The van der Waals surface area contributed by atoms with Crippen LogP contribution in [0.1, 0.15) is 40.2 Å². The second kappa shape index (κ2) is 5.28. The molecule has 0 saturated carbocycles. The molecule has 0 spiro atoms. The molecule has 0 unspecified atom stereocenters. The third kappa shape index (κ3) is 2.42. The summed E-state index contributed by atoms with van der Waals surface area (Å²) in [5, 5.41) is 13.7. The minimum absolute atomic E-state index is 0.00929. The van der Waals surface area contributed by atoms with E-state index >= 15 is 0 Å². The van der Waals surface area contributed by atoms with Crippen LogP contribution in [0.15, 0.2) is 6.20 Å². The van der Waals surface area contributed by atoms with E-state index in [9.17, 15) is 4.79 Å². The predicted octanol–water partition coefficient (Wildman–Crippen LogP) is 0.747. The summed E-state index contributed by atoms with van der Waals surface area (Å²) >= 11 is 0. The van der Waals surface area contributed by atoms with E-state index < -0.39 is 0 Å². The van der Waals surface area contributed by atoms with Gasteiger partial charge in [-0.25, -0.2) is 4.98 Å². The topological polar surface area (TPSA) is 99.8 Å². The van der Waals surface area contributed by atoms with Gasteiger partial charge >= 0.3 is 0 Å². The van der Waals surface area contributed by atoms with Crippen LogP contribution in [0.25, 0.3) is 0 Å². The fourth-order valence-electron chi connectivity index (χ4n) is 2.67. The quantitative estimate of drug-likeness (QED) is 0.868. The van der Waals surface area contributed by atoms with Crippen LogP contribution in [0.5, 0.6) is 0 Å². The number of amides is 1. The number of aryl methyl sites for hydroxylation is 2. The first-order chi connectivity index (χ1) is 10.1. The average molecular weight is 290 g/mol. The zero-order valence-corrected chi connectivity index (χ0v) is 12.3. The Hall–Kier alpha value is -2.22. The van der Waals surface area contributed by atoms with E-state index in [-0.39, 0.29) is 18.1 Å². The highest BCUT2D eigenvalue weighted by molar-refractivity contribution is 5.95. The lowest BCUT2D eigenvalue weighted by Crippen LogP contribution is -2.32. The van der Waals surface area contributed by atoms with Crippen LogP contribution >= 0.6 is 0 Å². The lowest BCUT2D eigenvalue weighted by atomic mass is 10.1. The van der Waals surface area contributed by atoms with Crippen molar-refractivity contribution in [1.82, 2.24) is 30.3 Å². The maximum Gasteiger partial charge on any atom is 0.258 e. The molecule has 0 aromatic carbocycles. The number of rotatable bonds is 3. The lowest BCUT2D eigenvalue weighted by molar-refractivity contribution is 0.0683. The SMILES string of the molecule is CO[C@@H]1C[C@@H](c2n[nH]c(C)n2)N(C(=O)c2cn[nH]c2C)C1. The van der Waals surface area contributed by atoms with E-state index in [1.807, 2.05) is 13.8 Å². The summed E-state index contributed by atoms with van der Waals surface area (Å²) in [6.07, 6.45) is 2.24. The van der Waals surface area contributed by atoms with Gasteiger partial charge in [0.05, 0.1) is 23.9 Å². The standard InChI is InChI=1S/C13H18N6O2/c1-7-10(5-14-16-7)13(20)19-6-9(21-3)4-11(19)12-15-8(2)17-18-12/h5,9,11H,4,6H2,1-3H3,(H,14,16)(H,15,17,18)/t9-,11+/m1/s1. The van der Waals surface area contributed by atoms with Crippen LogP contribution < -0.4 is 0 Å². The van der Waals surface area contributed by atoms with Crippen molar-refractivity contribution in [3.05, 3.63) is 29.1 Å². The molecule has 3 rings (SSSR count). The summed E-state index contributed by atoms with van der Waals surface area (Å²) in [5.74, 6) is 1.28. The van der Waals surface area contributed by atoms with Crippen molar-refractivity contribution >= 4 is 5.91 Å². The van der Waals surface area contributed by atoms with E-state index in [1.54, 1.807) is 18.2 Å². The summed E-state index contributed by atoms with van der Waals surface area (Å²) in [7, 11) is 1.65. The molecule has 3 heterocycles. The number of aromatic nitrogens is 5. The number of carbonyl (C=O) groups is 1. The number of aromatic amines is 2. The average Bonchev–Trinajstić information content (AvgIpc) is 3.16. The number of nitrogens with zero attached hydrogens (tertiary/aromatic N) is 4. The second-order valence-electron chi connectivity index (χ2n) is 5.25. The Morgan fingerprint density at radius 2 is 2.24 bits per heavy atom. The second-order valence-corrected chi connectivity index (χ2v) is 5.25. The molecule has 0 bridgehead atoms. The van der Waals surface area contributed by atoms with Gasteiger partial charge in [0.25, 0.3) is 5.91 Å². The van der Waals surface area contributed by atoms with Crippen LogP contribution in [0, 0.1) is 13.8 Å². The first-order valence-electron chi connectivity index (χ1n) is 6.82. The van der Waals surface area contributed by atoms with Gasteiger partial charge in [-0.05, 0) is 13.8 Å². The molecule has 0 radical (unpaired) electrons. The normalized spacial score (nSPS) is 22.0. The molecule has 1 saturated heterocycles. The Balaban J connectivity index is 1.91. The monoisotopic (exact) mass is 290 g/mol. The van der Waals surface area contributed by atoms with E-state index in [0.717, 1.165) is 11.5 Å². The highest BCUT2D eigenvalue weighted by atomic mass is 16.5. The third-order valence-corrected chi connectivity index (χ3v) is 3.83. The Bertz CT molecular complexity index is 649. The molecule has 8 heteroatoms. The van der Waals surface area contributed by atoms with Crippen LogP contribution in [0.2, 0.25) is 0 Å². The molecular weight excluding hydrogens is 272 g/mol. The summed E-state index contributed by atoms with van der Waals surface area (Å²) in [6, 6.07) is -0.179. The first-order valence-corrected chi connectivity index (χ1v) is 6.82. The minimum Gasteiger partial charge on any atom is -0.380 e. The van der Waals surface area contributed by atoms with Crippen molar-refractivity contribution in [3.63, 3.8) is 0 Å². The summed E-state index contributed by atoms with van der Waals surface area (Å²) in [4.78, 5) is 18.8. The molecule has 2 N–H and O–H groups in total. The van der Waals surface area contributed by atoms with Gasteiger partial charge < -0.3 is 9.64 Å². The predicted molar refractivity (Wildman–Crippen MR) is 73.6 cm³/mol. The van der Waals surface area contributed by atoms with Gasteiger partial charge in [-0.15, -0.1) is 0 Å². The number of methoxy groups -OCH3 is 1. The van der Waals surface area contributed by atoms with Gasteiger partial charge in [-0.3, -0.25) is 15.0 Å². The zero-order chi connectivity index (χ0) is 15.0. The van der Waals surface area contributed by atoms with Crippen LogP contribution in [0.4, 0.5) is 0 Å². The van der Waals surface area contributed by atoms with E-state index in [0.29, 0.717) is 24.4 Å². The maximum atomic E-state index is 12.7. The zero-order valence-electron chi connectivity index (χ0n) is 12.3. The molecule has 8 nitrogen and oxygen atoms in total. The highest BCUT2D eigenvalue weighted by Gasteiger charge is 2.39. The van der Waals surface area contributed by atoms with Crippen molar-refractivity contribution in [2.45, 2.75) is 32.4 Å². The molecule has 21 heavy (non-hydrogen) atoms. The maximum absolute atomic E-state index is 12.7. The van der Waals surface area contributed by atoms with Crippen LogP contribution in [-0.4, -0.2) is 55.9 Å². The molecule has 1 aliphatic rings. The molecular formula is C13H18N6O2. The van der Waals surface area contributed by atoms with Crippen molar-refractivity contribution < 1.29 is 9.53 Å². The Morgan fingerprint density at radius 3 is 2.81 bits per heavy atom. The molecule has 1 fully saturated rings. The number of hydrogen-bond donors (Lipinski definition) is 2. The van der Waals surface area contributed by atoms with Crippen molar-refractivity contribution in [2.24, 2.45) is 0 Å². The highest BCUT2D eigenvalue weighted by Crippen LogP contribution is 2.32. The van der Waals surface area contributed by atoms with E-state index in [4.69, 9.17) is 4.74 Å². The summed E-state index contributed by atoms with van der Waals surface area (Å²) < 4.78 is 5.41. The Labute approximate surface area is 121 Å². The molecule has 2 aromatic heterocycles. The van der Waals surface area contributed by atoms with Crippen molar-refractivity contribution in [1.29, 1.82) is 0 Å². The van der Waals surface area contributed by atoms with Crippen LogP contribution in [-0.2, 0) is 4.74 Å². The van der Waals surface area contributed by atoms with E-state index in [1.165, 1.54) is 0 Å². The number of likely N-dealkylation sites (tertiary alicyclic amines) is 1. The number of ether oxygens (including phenoxy) is 1. The smallest absolute Gasteiger partial charge is 0.258 e. The number of hydrogen-bond acceptors (Lipinski definition) is 5. The molecule has 2 aromatic rings. The number of nitrogens with one attached hydrogen (secondary N) is 2. The fourth-order valence-corrected chi connectivity index (χ4v) is 2.67. The van der Waals surface area contributed by atoms with Gasteiger partial charge in [0.2, 0.25) is 0 Å². The van der Waals surface area contributed by atoms with Gasteiger partial charge in [-0.1, -0.05) is 0 Å². The number of carbonyl (C=O) groups excluding carboxylic acids is 1. The summed E-state index contributed by atoms with van der Waals surface area (Å²) in [6.45, 7) is 4.19. The summed E-state index contributed by atoms with van der Waals surface area (Å²) in [5.41, 5.74) is 1.33. The molecule has 0 aliphatic carbocycles.